The maximum Gasteiger partial charge on any atom is 0.161 e. The van der Waals surface area contributed by atoms with Gasteiger partial charge in [-0.15, -0.1) is 0 Å². The highest BCUT2D eigenvalue weighted by Gasteiger charge is 2.50. The molecule has 1 aromatic rings. The first-order chi connectivity index (χ1) is 12.2. The number of ether oxygens (including phenoxy) is 2. The molecule has 4 aliphatic carbocycles. The van der Waals surface area contributed by atoms with E-state index >= 15 is 0 Å². The van der Waals surface area contributed by atoms with E-state index in [9.17, 15) is 0 Å². The number of hydrogen-bond acceptors (Lipinski definition) is 3. The first kappa shape index (κ1) is 17.0. The molecule has 1 N–H and O–H groups in total. The van der Waals surface area contributed by atoms with E-state index in [1.165, 1.54) is 44.1 Å². The molecule has 0 aromatic heterocycles. The van der Waals surface area contributed by atoms with Gasteiger partial charge < -0.3 is 14.8 Å². The molecule has 4 aliphatic rings. The van der Waals surface area contributed by atoms with Gasteiger partial charge in [-0.3, -0.25) is 0 Å². The molecule has 0 radical (unpaired) electrons. The van der Waals surface area contributed by atoms with Crippen molar-refractivity contribution in [1.29, 1.82) is 0 Å². The maximum absolute atomic E-state index is 5.78. The zero-order valence-corrected chi connectivity index (χ0v) is 15.4. The van der Waals surface area contributed by atoms with Gasteiger partial charge in [0.25, 0.3) is 0 Å². The Hall–Kier alpha value is -1.48. The van der Waals surface area contributed by atoms with Crippen molar-refractivity contribution in [2.24, 2.45) is 17.8 Å². The molecule has 0 unspecified atom stereocenters. The second-order valence-corrected chi connectivity index (χ2v) is 8.37. The van der Waals surface area contributed by atoms with Gasteiger partial charge in [-0.1, -0.05) is 18.7 Å². The molecule has 136 valence electrons. The van der Waals surface area contributed by atoms with Crippen LogP contribution in [0.3, 0.4) is 0 Å². The second kappa shape index (κ2) is 7.03. The zero-order chi connectivity index (χ0) is 17.3. The SMILES string of the molecule is C=CCOc1ccc(CNC23CC4CC(CC(C4)C2)C3)cc1OCC. The fraction of sp³-hybridized carbons (Fsp3) is 0.636. The summed E-state index contributed by atoms with van der Waals surface area (Å²) < 4.78 is 11.5. The standard InChI is InChI=1S/C22H31NO2/c1-3-7-25-20-6-5-16(11-21(20)24-4-2)15-23-22-12-17-8-18(13-22)10-19(9-17)14-22/h3,5-6,11,17-19,23H,1,4,7-10,12-15H2,2H3. The summed E-state index contributed by atoms with van der Waals surface area (Å²) in [7, 11) is 0. The van der Waals surface area contributed by atoms with Crippen LogP contribution in [0.4, 0.5) is 0 Å². The fourth-order valence-electron chi connectivity index (χ4n) is 5.82. The largest absolute Gasteiger partial charge is 0.490 e. The highest BCUT2D eigenvalue weighted by atomic mass is 16.5. The van der Waals surface area contributed by atoms with Crippen molar-refractivity contribution in [2.75, 3.05) is 13.2 Å². The molecule has 4 fully saturated rings. The number of rotatable bonds is 8. The first-order valence-corrected chi connectivity index (χ1v) is 9.94. The predicted molar refractivity (Wildman–Crippen MR) is 101 cm³/mol. The third-order valence-corrected chi connectivity index (χ3v) is 6.37. The van der Waals surface area contributed by atoms with Crippen LogP contribution >= 0.6 is 0 Å². The van der Waals surface area contributed by atoms with Crippen molar-refractivity contribution in [3.8, 4) is 11.5 Å². The second-order valence-electron chi connectivity index (χ2n) is 8.37. The van der Waals surface area contributed by atoms with Crippen LogP contribution in [0.15, 0.2) is 30.9 Å². The van der Waals surface area contributed by atoms with Crippen molar-refractivity contribution >= 4 is 0 Å². The molecule has 25 heavy (non-hydrogen) atoms. The van der Waals surface area contributed by atoms with Gasteiger partial charge in [0.05, 0.1) is 6.61 Å². The summed E-state index contributed by atoms with van der Waals surface area (Å²) in [5, 5.41) is 3.96. The van der Waals surface area contributed by atoms with Crippen LogP contribution in [0.5, 0.6) is 11.5 Å². The van der Waals surface area contributed by atoms with E-state index in [2.05, 4.69) is 24.0 Å². The summed E-state index contributed by atoms with van der Waals surface area (Å²) in [5.41, 5.74) is 1.68. The molecule has 1 aromatic carbocycles. The Morgan fingerprint density at radius 2 is 1.76 bits per heavy atom. The van der Waals surface area contributed by atoms with Crippen molar-refractivity contribution in [3.63, 3.8) is 0 Å². The molecular weight excluding hydrogens is 310 g/mol. The normalized spacial score (nSPS) is 32.6. The van der Waals surface area contributed by atoms with Gasteiger partial charge in [-0.05, 0) is 80.9 Å². The van der Waals surface area contributed by atoms with Gasteiger partial charge >= 0.3 is 0 Å². The third kappa shape index (κ3) is 3.57. The summed E-state index contributed by atoms with van der Waals surface area (Å²) in [6.45, 7) is 7.80. The minimum atomic E-state index is 0.401. The van der Waals surface area contributed by atoms with Gasteiger partial charge in [-0.2, -0.15) is 0 Å². The molecule has 0 spiro atoms. The molecule has 0 amide bonds. The molecule has 4 bridgehead atoms. The number of hydrogen-bond donors (Lipinski definition) is 1. The monoisotopic (exact) mass is 341 g/mol. The van der Waals surface area contributed by atoms with Crippen LogP contribution in [0.1, 0.15) is 51.0 Å². The Kier molecular flexibility index (Phi) is 4.77. The predicted octanol–water partition coefficient (Wildman–Crippen LogP) is 4.71. The lowest BCUT2D eigenvalue weighted by Crippen LogP contribution is -2.58. The van der Waals surface area contributed by atoms with E-state index in [1.807, 2.05) is 13.0 Å². The van der Waals surface area contributed by atoms with Crippen LogP contribution in [0.2, 0.25) is 0 Å². The minimum Gasteiger partial charge on any atom is -0.490 e. The Bertz CT molecular complexity index is 589. The topological polar surface area (TPSA) is 30.5 Å². The Morgan fingerprint density at radius 1 is 1.08 bits per heavy atom. The highest BCUT2D eigenvalue weighted by Crippen LogP contribution is 2.55. The Morgan fingerprint density at radius 3 is 2.36 bits per heavy atom. The molecule has 0 atom stereocenters. The first-order valence-electron chi connectivity index (χ1n) is 9.94. The van der Waals surface area contributed by atoms with Gasteiger partial charge in [0.1, 0.15) is 6.61 Å². The molecule has 0 heterocycles. The molecule has 5 rings (SSSR count). The lowest BCUT2D eigenvalue weighted by Gasteiger charge is -2.57. The number of benzene rings is 1. The summed E-state index contributed by atoms with van der Waals surface area (Å²) in [5.74, 6) is 4.58. The van der Waals surface area contributed by atoms with Crippen molar-refractivity contribution < 1.29 is 9.47 Å². The van der Waals surface area contributed by atoms with Crippen LogP contribution < -0.4 is 14.8 Å². The number of nitrogens with one attached hydrogen (secondary N) is 1. The maximum atomic E-state index is 5.78. The van der Waals surface area contributed by atoms with Gasteiger partial charge in [-0.25, -0.2) is 0 Å². The summed E-state index contributed by atoms with van der Waals surface area (Å²) in [6, 6.07) is 6.33. The lowest BCUT2D eigenvalue weighted by atomic mass is 9.53. The average molecular weight is 341 g/mol. The Labute approximate surface area is 151 Å². The van der Waals surface area contributed by atoms with Crippen LogP contribution in [-0.2, 0) is 6.54 Å². The van der Waals surface area contributed by atoms with Crippen molar-refractivity contribution in [1.82, 2.24) is 5.32 Å². The summed E-state index contributed by atoms with van der Waals surface area (Å²) in [4.78, 5) is 0. The average Bonchev–Trinajstić information content (AvgIpc) is 2.58. The van der Waals surface area contributed by atoms with E-state index < -0.39 is 0 Å². The molecular formula is C22H31NO2. The van der Waals surface area contributed by atoms with E-state index in [-0.39, 0.29) is 0 Å². The summed E-state index contributed by atoms with van der Waals surface area (Å²) in [6.07, 6.45) is 10.4. The zero-order valence-electron chi connectivity index (χ0n) is 15.4. The van der Waals surface area contributed by atoms with Gasteiger partial charge in [0, 0.05) is 12.1 Å². The third-order valence-electron chi connectivity index (χ3n) is 6.37. The fourth-order valence-corrected chi connectivity index (χ4v) is 5.82. The quantitative estimate of drug-likeness (QED) is 0.695. The molecule has 4 saturated carbocycles. The van der Waals surface area contributed by atoms with E-state index in [0.29, 0.717) is 18.8 Å². The molecule has 3 heteroatoms. The van der Waals surface area contributed by atoms with E-state index in [4.69, 9.17) is 9.47 Å². The molecule has 0 saturated heterocycles. The minimum absolute atomic E-state index is 0.401. The van der Waals surface area contributed by atoms with Crippen LogP contribution in [-0.4, -0.2) is 18.8 Å². The van der Waals surface area contributed by atoms with Crippen molar-refractivity contribution in [2.45, 2.75) is 57.5 Å². The highest BCUT2D eigenvalue weighted by molar-refractivity contribution is 5.43. The van der Waals surface area contributed by atoms with E-state index in [0.717, 1.165) is 35.8 Å². The van der Waals surface area contributed by atoms with Gasteiger partial charge in [0.15, 0.2) is 11.5 Å². The van der Waals surface area contributed by atoms with Crippen LogP contribution in [0, 0.1) is 17.8 Å². The van der Waals surface area contributed by atoms with Crippen LogP contribution in [0.25, 0.3) is 0 Å². The Balaban J connectivity index is 1.44. The van der Waals surface area contributed by atoms with Crippen molar-refractivity contribution in [3.05, 3.63) is 36.4 Å². The summed E-state index contributed by atoms with van der Waals surface area (Å²) >= 11 is 0. The molecule has 0 aliphatic heterocycles. The smallest absolute Gasteiger partial charge is 0.161 e. The molecule has 3 nitrogen and oxygen atoms in total. The lowest BCUT2D eigenvalue weighted by molar-refractivity contribution is -0.0206. The van der Waals surface area contributed by atoms with Gasteiger partial charge in [0.2, 0.25) is 0 Å². The van der Waals surface area contributed by atoms with E-state index in [1.54, 1.807) is 6.08 Å².